The molecule has 4 heteroatoms. The third kappa shape index (κ3) is 1.66. The predicted molar refractivity (Wildman–Crippen MR) is 57.2 cm³/mol. The molecule has 4 nitrogen and oxygen atoms in total. The summed E-state index contributed by atoms with van der Waals surface area (Å²) in [5, 5.41) is 2.72. The summed E-state index contributed by atoms with van der Waals surface area (Å²) < 4.78 is 10.5. The van der Waals surface area contributed by atoms with Crippen molar-refractivity contribution in [2.24, 2.45) is 0 Å². The molecule has 1 aromatic carbocycles. The molecule has 1 N–H and O–H groups in total. The van der Waals surface area contributed by atoms with Crippen LogP contribution in [0.25, 0.3) is 6.08 Å². The number of methoxy groups -OCH3 is 1. The molecule has 0 atom stereocenters. The summed E-state index contributed by atoms with van der Waals surface area (Å²) in [7, 11) is 1.56. The van der Waals surface area contributed by atoms with E-state index < -0.39 is 0 Å². The second kappa shape index (κ2) is 3.65. The van der Waals surface area contributed by atoms with Crippen LogP contribution in [-0.4, -0.2) is 19.6 Å². The van der Waals surface area contributed by atoms with Gasteiger partial charge in [-0.3, -0.25) is 4.79 Å². The molecule has 0 aliphatic carbocycles. The van der Waals surface area contributed by atoms with Crippen molar-refractivity contribution in [3.63, 3.8) is 0 Å². The number of hydrogen-bond acceptors (Lipinski definition) is 3. The second-order valence-corrected chi connectivity index (χ2v) is 3.14. The van der Waals surface area contributed by atoms with E-state index in [-0.39, 0.29) is 12.5 Å². The van der Waals surface area contributed by atoms with Crippen LogP contribution < -0.4 is 14.8 Å². The third-order valence-electron chi connectivity index (χ3n) is 2.15. The van der Waals surface area contributed by atoms with E-state index in [4.69, 9.17) is 9.47 Å². The number of anilines is 1. The number of nitrogens with one attached hydrogen (secondary N) is 1. The van der Waals surface area contributed by atoms with Gasteiger partial charge in [-0.25, -0.2) is 0 Å². The topological polar surface area (TPSA) is 47.6 Å². The number of fused-ring (bicyclic) bond motifs is 1. The van der Waals surface area contributed by atoms with E-state index in [2.05, 4.69) is 11.9 Å². The van der Waals surface area contributed by atoms with Crippen LogP contribution in [0.4, 0.5) is 5.69 Å². The van der Waals surface area contributed by atoms with Gasteiger partial charge in [-0.15, -0.1) is 0 Å². The van der Waals surface area contributed by atoms with E-state index in [1.807, 2.05) is 6.07 Å². The van der Waals surface area contributed by atoms with Gasteiger partial charge in [0.2, 0.25) is 0 Å². The number of carbonyl (C=O) groups excluding carboxylic acids is 1. The minimum absolute atomic E-state index is 0.0246. The molecule has 1 heterocycles. The van der Waals surface area contributed by atoms with E-state index >= 15 is 0 Å². The van der Waals surface area contributed by atoms with Gasteiger partial charge in [0.05, 0.1) is 12.8 Å². The molecule has 78 valence electrons. The average Bonchev–Trinajstić information content (AvgIpc) is 2.26. The molecule has 1 amide bonds. The van der Waals surface area contributed by atoms with Gasteiger partial charge in [-0.05, 0) is 17.7 Å². The molecule has 0 unspecified atom stereocenters. The summed E-state index contributed by atoms with van der Waals surface area (Å²) >= 11 is 0. The molecule has 0 saturated heterocycles. The number of ether oxygens (including phenoxy) is 2. The summed E-state index contributed by atoms with van der Waals surface area (Å²) in [6.07, 6.45) is 1.68. The zero-order valence-electron chi connectivity index (χ0n) is 8.37. The molecule has 15 heavy (non-hydrogen) atoms. The molecule has 0 saturated carbocycles. The zero-order valence-corrected chi connectivity index (χ0v) is 8.37. The van der Waals surface area contributed by atoms with Crippen LogP contribution in [-0.2, 0) is 4.79 Å². The minimum Gasteiger partial charge on any atom is -0.493 e. The number of carbonyl (C=O) groups is 1. The van der Waals surface area contributed by atoms with Gasteiger partial charge < -0.3 is 14.8 Å². The van der Waals surface area contributed by atoms with Crippen molar-refractivity contribution in [3.05, 3.63) is 24.3 Å². The molecular weight excluding hydrogens is 194 g/mol. The lowest BCUT2D eigenvalue weighted by atomic mass is 10.1. The number of rotatable bonds is 2. The first-order chi connectivity index (χ1) is 7.24. The Labute approximate surface area is 87.5 Å². The van der Waals surface area contributed by atoms with Crippen LogP contribution in [0, 0.1) is 0 Å². The Bertz CT molecular complexity index is 426. The fourth-order valence-electron chi connectivity index (χ4n) is 1.46. The minimum atomic E-state index is -0.161. The van der Waals surface area contributed by atoms with Crippen LogP contribution in [0.1, 0.15) is 5.56 Å². The van der Waals surface area contributed by atoms with Gasteiger partial charge in [0.15, 0.2) is 18.1 Å². The van der Waals surface area contributed by atoms with E-state index in [0.29, 0.717) is 17.2 Å². The molecule has 0 spiro atoms. The Morgan fingerprint density at radius 1 is 1.60 bits per heavy atom. The van der Waals surface area contributed by atoms with Crippen molar-refractivity contribution in [2.75, 3.05) is 19.0 Å². The smallest absolute Gasteiger partial charge is 0.262 e. The monoisotopic (exact) mass is 205 g/mol. The quantitative estimate of drug-likeness (QED) is 0.798. The van der Waals surface area contributed by atoms with E-state index in [9.17, 15) is 4.79 Å². The van der Waals surface area contributed by atoms with Crippen LogP contribution in [0.2, 0.25) is 0 Å². The van der Waals surface area contributed by atoms with Gasteiger partial charge in [0.25, 0.3) is 5.91 Å². The maximum Gasteiger partial charge on any atom is 0.262 e. The number of amides is 1. The Balaban J connectivity index is 2.53. The molecule has 0 fully saturated rings. The fraction of sp³-hybridized carbons (Fsp3) is 0.182. The van der Waals surface area contributed by atoms with Crippen molar-refractivity contribution in [1.29, 1.82) is 0 Å². The lowest BCUT2D eigenvalue weighted by Crippen LogP contribution is -2.25. The summed E-state index contributed by atoms with van der Waals surface area (Å²) in [6, 6.07) is 3.60. The van der Waals surface area contributed by atoms with Gasteiger partial charge in [0, 0.05) is 0 Å². The summed E-state index contributed by atoms with van der Waals surface area (Å²) in [5.74, 6) is 1.01. The zero-order chi connectivity index (χ0) is 10.8. The van der Waals surface area contributed by atoms with Crippen molar-refractivity contribution >= 4 is 17.7 Å². The number of hydrogen-bond donors (Lipinski definition) is 1. The summed E-state index contributed by atoms with van der Waals surface area (Å²) in [6.45, 7) is 3.69. The van der Waals surface area contributed by atoms with Crippen LogP contribution in [0.5, 0.6) is 11.5 Å². The fourth-order valence-corrected chi connectivity index (χ4v) is 1.46. The SMILES string of the molecule is C=Cc1cc2c(c(OC)c1)OCC(=O)N2. The van der Waals surface area contributed by atoms with Gasteiger partial charge in [-0.1, -0.05) is 12.7 Å². The van der Waals surface area contributed by atoms with Crippen LogP contribution in [0.15, 0.2) is 18.7 Å². The highest BCUT2D eigenvalue weighted by molar-refractivity contribution is 5.96. The lowest BCUT2D eigenvalue weighted by molar-refractivity contribution is -0.118. The lowest BCUT2D eigenvalue weighted by Gasteiger charge is -2.20. The van der Waals surface area contributed by atoms with Crippen molar-refractivity contribution < 1.29 is 14.3 Å². The van der Waals surface area contributed by atoms with Crippen molar-refractivity contribution in [1.82, 2.24) is 0 Å². The highest BCUT2D eigenvalue weighted by atomic mass is 16.5. The Kier molecular flexibility index (Phi) is 2.33. The maximum absolute atomic E-state index is 11.1. The Morgan fingerprint density at radius 2 is 2.40 bits per heavy atom. The maximum atomic E-state index is 11.1. The van der Waals surface area contributed by atoms with Crippen LogP contribution in [0.3, 0.4) is 0 Å². The molecule has 1 aliphatic rings. The first-order valence-electron chi connectivity index (χ1n) is 4.51. The van der Waals surface area contributed by atoms with E-state index in [1.54, 1.807) is 19.3 Å². The molecule has 0 aromatic heterocycles. The second-order valence-electron chi connectivity index (χ2n) is 3.14. The molecule has 1 aliphatic heterocycles. The summed E-state index contributed by atoms with van der Waals surface area (Å²) in [4.78, 5) is 11.1. The molecule has 0 radical (unpaired) electrons. The van der Waals surface area contributed by atoms with E-state index in [0.717, 1.165) is 5.56 Å². The van der Waals surface area contributed by atoms with Gasteiger partial charge in [0.1, 0.15) is 0 Å². The van der Waals surface area contributed by atoms with Gasteiger partial charge >= 0.3 is 0 Å². The Morgan fingerprint density at radius 3 is 3.07 bits per heavy atom. The molecular formula is C11H11NO3. The largest absolute Gasteiger partial charge is 0.493 e. The predicted octanol–water partition coefficient (Wildman–Crippen LogP) is 1.67. The third-order valence-corrected chi connectivity index (χ3v) is 2.15. The number of benzene rings is 1. The molecule has 1 aromatic rings. The molecule has 2 rings (SSSR count). The highest BCUT2D eigenvalue weighted by Crippen LogP contribution is 2.38. The normalized spacial score (nSPS) is 13.5. The highest BCUT2D eigenvalue weighted by Gasteiger charge is 2.20. The first-order valence-corrected chi connectivity index (χ1v) is 4.51. The summed E-state index contributed by atoms with van der Waals surface area (Å²) in [5.41, 5.74) is 1.50. The van der Waals surface area contributed by atoms with E-state index in [1.165, 1.54) is 0 Å². The standard InChI is InChI=1S/C11H11NO3/c1-3-7-4-8-11(9(5-7)14-2)15-6-10(13)12-8/h3-5H,1,6H2,2H3,(H,12,13). The molecule has 0 bridgehead atoms. The Hall–Kier alpha value is -1.97. The van der Waals surface area contributed by atoms with Gasteiger partial charge in [-0.2, -0.15) is 0 Å². The first kappa shape index (κ1) is 9.58. The van der Waals surface area contributed by atoms with Crippen molar-refractivity contribution in [2.45, 2.75) is 0 Å². The van der Waals surface area contributed by atoms with Crippen molar-refractivity contribution in [3.8, 4) is 11.5 Å². The van der Waals surface area contributed by atoms with Crippen LogP contribution >= 0.6 is 0 Å². The average molecular weight is 205 g/mol.